The molecular weight excluding hydrogens is 424 g/mol. The van der Waals surface area contributed by atoms with Gasteiger partial charge in [-0.05, 0) is 55.4 Å². The van der Waals surface area contributed by atoms with Crippen LogP contribution >= 0.6 is 0 Å². The van der Waals surface area contributed by atoms with Gasteiger partial charge < -0.3 is 24.1 Å². The molecule has 1 atom stereocenters. The Morgan fingerprint density at radius 3 is 2.36 bits per heavy atom. The summed E-state index contributed by atoms with van der Waals surface area (Å²) in [5, 5.41) is 10.2. The second-order valence-electron chi connectivity index (χ2n) is 9.13. The Morgan fingerprint density at radius 1 is 1.03 bits per heavy atom. The molecule has 0 amide bonds. The molecule has 0 aromatic heterocycles. The number of methoxy groups -OCH3 is 2. The highest BCUT2D eigenvalue weighted by molar-refractivity contribution is 5.96. The lowest BCUT2D eigenvalue weighted by molar-refractivity contribution is -0.169. The molecule has 174 valence electrons. The third-order valence-electron chi connectivity index (χ3n) is 7.57. The fraction of sp³-hybridized carbons (Fsp3) is 0.462. The van der Waals surface area contributed by atoms with Gasteiger partial charge >= 0.3 is 11.9 Å². The summed E-state index contributed by atoms with van der Waals surface area (Å²) in [4.78, 5) is 24.6. The normalized spacial score (nSPS) is 19.5. The lowest BCUT2D eigenvalue weighted by Crippen LogP contribution is -2.55. The minimum absolute atomic E-state index is 0.177. The van der Waals surface area contributed by atoms with Crippen molar-refractivity contribution in [2.24, 2.45) is 11.3 Å². The van der Waals surface area contributed by atoms with E-state index in [0.29, 0.717) is 35.7 Å². The van der Waals surface area contributed by atoms with Gasteiger partial charge in [0.15, 0.2) is 11.5 Å². The second-order valence-corrected chi connectivity index (χ2v) is 9.13. The lowest BCUT2D eigenvalue weighted by atomic mass is 9.59. The quantitative estimate of drug-likeness (QED) is 0.573. The van der Waals surface area contributed by atoms with Gasteiger partial charge in [0.25, 0.3) is 0 Å². The van der Waals surface area contributed by atoms with E-state index < -0.39 is 17.5 Å². The average Bonchev–Trinajstić information content (AvgIpc) is 3.12. The largest absolute Gasteiger partial charge is 0.493 e. The smallest absolute Gasteiger partial charge is 0.338 e. The molecule has 2 fully saturated rings. The average molecular weight is 453 g/mol. The van der Waals surface area contributed by atoms with E-state index >= 15 is 0 Å². The summed E-state index contributed by atoms with van der Waals surface area (Å²) in [6.45, 7) is 0.184. The predicted octanol–water partition coefficient (Wildman–Crippen LogP) is 4.84. The fourth-order valence-electron chi connectivity index (χ4n) is 5.34. The van der Waals surface area contributed by atoms with Crippen LogP contribution in [-0.2, 0) is 16.1 Å². The number of ether oxygens (including phenoxy) is 4. The Balaban J connectivity index is 1.66. The van der Waals surface area contributed by atoms with Gasteiger partial charge in [-0.2, -0.15) is 0 Å². The number of aliphatic carboxylic acids is 1. The summed E-state index contributed by atoms with van der Waals surface area (Å²) in [5.41, 5.74) is 1.96. The molecule has 7 heteroatoms. The number of benzene rings is 2. The van der Waals surface area contributed by atoms with E-state index in [0.717, 1.165) is 42.4 Å². The molecule has 0 bridgehead atoms. The van der Waals surface area contributed by atoms with Gasteiger partial charge in [0.2, 0.25) is 5.75 Å². The zero-order chi connectivity index (χ0) is 23.2. The monoisotopic (exact) mass is 452 g/mol. The van der Waals surface area contributed by atoms with Gasteiger partial charge in [-0.15, -0.1) is 0 Å². The van der Waals surface area contributed by atoms with Crippen molar-refractivity contribution in [3.05, 3.63) is 41.5 Å². The van der Waals surface area contributed by atoms with Gasteiger partial charge in [0.1, 0.15) is 18.1 Å². The van der Waals surface area contributed by atoms with Gasteiger partial charge in [0, 0.05) is 11.1 Å². The Bertz CT molecular complexity index is 1100. The van der Waals surface area contributed by atoms with Crippen LogP contribution in [0.25, 0.3) is 11.1 Å². The van der Waals surface area contributed by atoms with Gasteiger partial charge in [-0.3, -0.25) is 4.79 Å². The number of carbonyl (C=O) groups is 2. The fourth-order valence-corrected chi connectivity index (χ4v) is 5.34. The van der Waals surface area contributed by atoms with E-state index in [2.05, 4.69) is 0 Å². The van der Waals surface area contributed by atoms with Crippen LogP contribution in [0.3, 0.4) is 0 Å². The molecule has 2 saturated carbocycles. The molecule has 1 unspecified atom stereocenters. The standard InChI is InChI=1S/C26H28O7/c1-30-20-11-10-17(16-8-4-9-18-19(16)14-32-24(18)27)21(22(20)31-2)33-23(15-6-3-7-15)26(25(28)29)12-5-13-26/h4,8-11,15,23H,3,5-7,12-14H2,1-2H3,(H,28,29). The van der Waals surface area contributed by atoms with E-state index in [1.54, 1.807) is 26.4 Å². The van der Waals surface area contributed by atoms with Crippen molar-refractivity contribution in [2.45, 2.75) is 51.2 Å². The van der Waals surface area contributed by atoms with Crippen molar-refractivity contribution >= 4 is 11.9 Å². The number of carboxylic acid groups (broad SMARTS) is 1. The third-order valence-corrected chi connectivity index (χ3v) is 7.57. The van der Waals surface area contributed by atoms with Gasteiger partial charge in [-0.25, -0.2) is 4.79 Å². The number of fused-ring (bicyclic) bond motifs is 1. The van der Waals surface area contributed by atoms with Crippen molar-refractivity contribution in [2.75, 3.05) is 14.2 Å². The number of carboxylic acids is 1. The minimum atomic E-state index is -0.895. The highest BCUT2D eigenvalue weighted by Gasteiger charge is 2.56. The van der Waals surface area contributed by atoms with E-state index in [-0.39, 0.29) is 18.5 Å². The summed E-state index contributed by atoms with van der Waals surface area (Å²) >= 11 is 0. The highest BCUT2D eigenvalue weighted by atomic mass is 16.5. The number of carbonyl (C=O) groups excluding carboxylic acids is 1. The van der Waals surface area contributed by atoms with Gasteiger partial charge in [-0.1, -0.05) is 25.0 Å². The molecule has 1 aliphatic heterocycles. The molecule has 0 radical (unpaired) electrons. The molecule has 1 N–H and O–H groups in total. The first kappa shape index (κ1) is 21.6. The first-order chi connectivity index (χ1) is 16.0. The summed E-state index contributed by atoms with van der Waals surface area (Å²) in [6.07, 6.45) is 4.60. The van der Waals surface area contributed by atoms with Gasteiger partial charge in [0.05, 0.1) is 19.8 Å². The summed E-state index contributed by atoms with van der Waals surface area (Å²) in [5.74, 6) is 0.407. The highest BCUT2D eigenvalue weighted by Crippen LogP contribution is 2.54. The molecule has 33 heavy (non-hydrogen) atoms. The molecule has 7 nitrogen and oxygen atoms in total. The van der Waals surface area contributed by atoms with Crippen LogP contribution in [0.2, 0.25) is 0 Å². The van der Waals surface area contributed by atoms with E-state index in [1.165, 1.54) is 0 Å². The number of hydrogen-bond donors (Lipinski definition) is 1. The number of rotatable bonds is 8. The van der Waals surface area contributed by atoms with E-state index in [9.17, 15) is 14.7 Å². The lowest BCUT2D eigenvalue weighted by Gasteiger charge is -2.49. The molecule has 0 spiro atoms. The van der Waals surface area contributed by atoms with Crippen molar-refractivity contribution < 1.29 is 33.6 Å². The van der Waals surface area contributed by atoms with E-state index in [1.807, 2.05) is 18.2 Å². The third kappa shape index (κ3) is 3.33. The SMILES string of the molecule is COc1ccc(-c2cccc3c2COC3=O)c(OC(C2CCC2)C2(C(=O)O)CCC2)c1OC. The van der Waals surface area contributed by atoms with Crippen LogP contribution in [0, 0.1) is 11.3 Å². The van der Waals surface area contributed by atoms with Crippen LogP contribution in [0.5, 0.6) is 17.2 Å². The molecular formula is C26H28O7. The van der Waals surface area contributed by atoms with Crippen molar-refractivity contribution in [3.63, 3.8) is 0 Å². The molecule has 2 aromatic carbocycles. The minimum Gasteiger partial charge on any atom is -0.493 e. The maximum Gasteiger partial charge on any atom is 0.338 e. The van der Waals surface area contributed by atoms with Crippen LogP contribution in [0.1, 0.15) is 54.4 Å². The Morgan fingerprint density at radius 2 is 1.79 bits per heavy atom. The topological polar surface area (TPSA) is 91.3 Å². The molecule has 1 heterocycles. The van der Waals surface area contributed by atoms with Crippen LogP contribution < -0.4 is 14.2 Å². The molecule has 2 aromatic rings. The van der Waals surface area contributed by atoms with Crippen molar-refractivity contribution in [1.82, 2.24) is 0 Å². The van der Waals surface area contributed by atoms with Crippen LogP contribution in [0.4, 0.5) is 0 Å². The molecule has 2 aliphatic carbocycles. The predicted molar refractivity (Wildman–Crippen MR) is 120 cm³/mol. The second kappa shape index (κ2) is 8.28. The molecule has 3 aliphatic rings. The maximum atomic E-state index is 12.4. The Labute approximate surface area is 192 Å². The number of cyclic esters (lactones) is 1. The zero-order valence-electron chi connectivity index (χ0n) is 18.9. The maximum absolute atomic E-state index is 12.4. The number of esters is 1. The van der Waals surface area contributed by atoms with Crippen molar-refractivity contribution in [1.29, 1.82) is 0 Å². The van der Waals surface area contributed by atoms with Crippen molar-refractivity contribution in [3.8, 4) is 28.4 Å². The molecule has 0 saturated heterocycles. The van der Waals surface area contributed by atoms with Crippen LogP contribution in [-0.4, -0.2) is 37.4 Å². The van der Waals surface area contributed by atoms with E-state index in [4.69, 9.17) is 18.9 Å². The summed E-state index contributed by atoms with van der Waals surface area (Å²) < 4.78 is 23.2. The Hall–Kier alpha value is -3.22. The summed E-state index contributed by atoms with van der Waals surface area (Å²) in [6, 6.07) is 9.16. The Kier molecular flexibility index (Phi) is 5.43. The first-order valence-electron chi connectivity index (χ1n) is 11.4. The zero-order valence-corrected chi connectivity index (χ0v) is 18.9. The van der Waals surface area contributed by atoms with Crippen LogP contribution in [0.15, 0.2) is 30.3 Å². The molecule has 5 rings (SSSR count). The summed E-state index contributed by atoms with van der Waals surface area (Å²) in [7, 11) is 3.10. The number of hydrogen-bond acceptors (Lipinski definition) is 6. The first-order valence-corrected chi connectivity index (χ1v) is 11.4.